The van der Waals surface area contributed by atoms with Crippen LogP contribution in [0.2, 0.25) is 0 Å². The second kappa shape index (κ2) is 3.87. The quantitative estimate of drug-likeness (QED) is 0.672. The predicted octanol–water partition coefficient (Wildman–Crippen LogP) is -0.115. The zero-order valence-corrected chi connectivity index (χ0v) is 7.98. The molecule has 0 aliphatic rings. The first-order valence-corrected chi connectivity index (χ1v) is 4.85. The van der Waals surface area contributed by atoms with Crippen LogP contribution in [-0.4, -0.2) is 27.1 Å². The fraction of sp³-hybridized carbons (Fsp3) is 0. The van der Waals surface area contributed by atoms with Crippen LogP contribution in [0, 0.1) is 0 Å². The van der Waals surface area contributed by atoms with Crippen molar-refractivity contribution in [1.82, 2.24) is 9.97 Å². The number of rotatable bonds is 2. The number of thiazole rings is 1. The third-order valence-corrected chi connectivity index (χ3v) is 2.60. The van der Waals surface area contributed by atoms with Gasteiger partial charge < -0.3 is 10.0 Å². The molecular weight excluding hydrogens is 199 g/mol. The van der Waals surface area contributed by atoms with Crippen LogP contribution in [0.3, 0.4) is 0 Å². The van der Waals surface area contributed by atoms with E-state index < -0.39 is 7.12 Å². The zero-order valence-electron chi connectivity index (χ0n) is 7.16. The third-order valence-electron chi connectivity index (χ3n) is 1.77. The molecule has 70 valence electrons. The third kappa shape index (κ3) is 1.82. The summed E-state index contributed by atoms with van der Waals surface area (Å²) in [6, 6.07) is 1.69. The van der Waals surface area contributed by atoms with E-state index in [9.17, 15) is 0 Å². The van der Waals surface area contributed by atoms with Gasteiger partial charge in [-0.3, -0.25) is 9.97 Å². The van der Waals surface area contributed by atoms with Crippen LogP contribution in [0.4, 0.5) is 0 Å². The second-order valence-electron chi connectivity index (χ2n) is 2.75. The molecule has 2 N–H and O–H groups in total. The lowest BCUT2D eigenvalue weighted by atomic mass is 9.81. The summed E-state index contributed by atoms with van der Waals surface area (Å²) >= 11 is 1.48. The van der Waals surface area contributed by atoms with Gasteiger partial charge in [-0.25, -0.2) is 0 Å². The van der Waals surface area contributed by atoms with Gasteiger partial charge in [0.05, 0.1) is 10.4 Å². The minimum absolute atomic E-state index is 0.385. The highest BCUT2D eigenvalue weighted by Crippen LogP contribution is 2.20. The van der Waals surface area contributed by atoms with Gasteiger partial charge in [-0.05, 0) is 0 Å². The molecule has 0 aliphatic carbocycles. The molecule has 2 heterocycles. The molecule has 2 aromatic rings. The van der Waals surface area contributed by atoms with Gasteiger partial charge in [0, 0.05) is 29.6 Å². The van der Waals surface area contributed by atoms with E-state index in [1.165, 1.54) is 17.5 Å². The van der Waals surface area contributed by atoms with Crippen molar-refractivity contribution in [1.29, 1.82) is 0 Å². The highest BCUT2D eigenvalue weighted by molar-refractivity contribution is 7.13. The van der Waals surface area contributed by atoms with Crippen molar-refractivity contribution in [2.75, 3.05) is 0 Å². The van der Waals surface area contributed by atoms with Gasteiger partial charge in [-0.2, -0.15) is 0 Å². The number of pyridine rings is 1. The lowest BCUT2D eigenvalue weighted by molar-refractivity contribution is 0.425. The molecular formula is C8H7BN2O2S. The molecule has 0 saturated carbocycles. The predicted molar refractivity (Wildman–Crippen MR) is 55.2 cm³/mol. The summed E-state index contributed by atoms with van der Waals surface area (Å²) in [5, 5.41) is 17.9. The second-order valence-corrected chi connectivity index (χ2v) is 3.63. The monoisotopic (exact) mass is 206 g/mol. The minimum atomic E-state index is -1.48. The molecule has 0 spiro atoms. The molecule has 0 bridgehead atoms. The Labute approximate surface area is 85.0 Å². The van der Waals surface area contributed by atoms with E-state index in [1.54, 1.807) is 24.0 Å². The normalized spacial score (nSPS) is 10.1. The van der Waals surface area contributed by atoms with Crippen LogP contribution in [-0.2, 0) is 0 Å². The van der Waals surface area contributed by atoms with Crippen LogP contribution < -0.4 is 5.46 Å². The maximum Gasteiger partial charge on any atom is 0.490 e. The van der Waals surface area contributed by atoms with Gasteiger partial charge in [-0.15, -0.1) is 11.3 Å². The van der Waals surface area contributed by atoms with Crippen molar-refractivity contribution in [2.45, 2.75) is 0 Å². The number of hydrogen-bond donors (Lipinski definition) is 2. The first-order valence-electron chi connectivity index (χ1n) is 3.97. The number of hydrogen-bond acceptors (Lipinski definition) is 5. The Hall–Kier alpha value is -1.24. The molecule has 0 fully saturated rings. The SMILES string of the molecule is OB(O)c1cncc(-c2cncs2)c1. The van der Waals surface area contributed by atoms with Crippen molar-refractivity contribution in [3.63, 3.8) is 0 Å². The minimum Gasteiger partial charge on any atom is -0.423 e. The lowest BCUT2D eigenvalue weighted by Crippen LogP contribution is -2.30. The number of nitrogens with zero attached hydrogens (tertiary/aromatic N) is 2. The summed E-state index contributed by atoms with van der Waals surface area (Å²) in [4.78, 5) is 8.82. The number of aromatic nitrogens is 2. The Balaban J connectivity index is 2.41. The standard InChI is InChI=1S/C8H7BN2O2S/c12-9(13)7-1-6(2-10-3-7)8-4-11-5-14-8/h1-5,12-13H. The van der Waals surface area contributed by atoms with Crippen molar-refractivity contribution in [2.24, 2.45) is 0 Å². The summed E-state index contributed by atoms with van der Waals surface area (Å²) in [5.41, 5.74) is 2.95. The Morgan fingerprint density at radius 2 is 2.00 bits per heavy atom. The summed E-state index contributed by atoms with van der Waals surface area (Å²) < 4.78 is 0. The summed E-state index contributed by atoms with van der Waals surface area (Å²) in [7, 11) is -1.48. The molecule has 0 aromatic carbocycles. The van der Waals surface area contributed by atoms with E-state index in [-0.39, 0.29) is 0 Å². The Bertz CT molecular complexity index is 419. The molecule has 0 saturated heterocycles. The fourth-order valence-corrected chi connectivity index (χ4v) is 1.70. The lowest BCUT2D eigenvalue weighted by Gasteiger charge is -2.00. The molecule has 14 heavy (non-hydrogen) atoms. The van der Waals surface area contributed by atoms with Crippen LogP contribution in [0.25, 0.3) is 10.4 Å². The van der Waals surface area contributed by atoms with E-state index in [0.29, 0.717) is 5.46 Å². The summed E-state index contributed by atoms with van der Waals surface area (Å²) in [6.07, 6.45) is 4.81. The van der Waals surface area contributed by atoms with E-state index in [0.717, 1.165) is 10.4 Å². The van der Waals surface area contributed by atoms with E-state index in [4.69, 9.17) is 10.0 Å². The van der Waals surface area contributed by atoms with Crippen molar-refractivity contribution in [3.8, 4) is 10.4 Å². The maximum absolute atomic E-state index is 8.95. The highest BCUT2D eigenvalue weighted by atomic mass is 32.1. The van der Waals surface area contributed by atoms with Gasteiger partial charge >= 0.3 is 7.12 Å². The summed E-state index contributed by atoms with van der Waals surface area (Å²) in [6.45, 7) is 0. The van der Waals surface area contributed by atoms with Gasteiger partial charge in [0.2, 0.25) is 0 Å². The molecule has 2 aromatic heterocycles. The Morgan fingerprint density at radius 3 is 2.64 bits per heavy atom. The van der Waals surface area contributed by atoms with Crippen LogP contribution in [0.1, 0.15) is 0 Å². The molecule has 0 amide bonds. The van der Waals surface area contributed by atoms with Crippen LogP contribution in [0.15, 0.2) is 30.2 Å². The van der Waals surface area contributed by atoms with E-state index in [2.05, 4.69) is 9.97 Å². The smallest absolute Gasteiger partial charge is 0.423 e. The topological polar surface area (TPSA) is 66.2 Å². The molecule has 4 nitrogen and oxygen atoms in total. The Kier molecular flexibility index (Phi) is 2.58. The van der Waals surface area contributed by atoms with Gasteiger partial charge in [0.25, 0.3) is 0 Å². The fourth-order valence-electron chi connectivity index (χ4n) is 1.09. The Morgan fingerprint density at radius 1 is 1.14 bits per heavy atom. The average molecular weight is 206 g/mol. The van der Waals surface area contributed by atoms with Gasteiger partial charge in [0.15, 0.2) is 0 Å². The maximum atomic E-state index is 8.95. The van der Waals surface area contributed by atoms with Crippen molar-refractivity contribution in [3.05, 3.63) is 30.2 Å². The van der Waals surface area contributed by atoms with Gasteiger partial charge in [-0.1, -0.05) is 6.07 Å². The van der Waals surface area contributed by atoms with E-state index >= 15 is 0 Å². The highest BCUT2D eigenvalue weighted by Gasteiger charge is 2.12. The molecule has 0 aliphatic heterocycles. The van der Waals surface area contributed by atoms with E-state index in [1.807, 2.05) is 0 Å². The van der Waals surface area contributed by atoms with Crippen LogP contribution in [0.5, 0.6) is 0 Å². The molecule has 0 radical (unpaired) electrons. The van der Waals surface area contributed by atoms with Crippen LogP contribution >= 0.6 is 11.3 Å². The first-order chi connectivity index (χ1) is 6.77. The molecule has 0 atom stereocenters. The zero-order chi connectivity index (χ0) is 9.97. The average Bonchev–Trinajstić information content (AvgIpc) is 2.71. The molecule has 2 rings (SSSR count). The first kappa shape index (κ1) is 9.33. The molecule has 6 heteroatoms. The van der Waals surface area contributed by atoms with Crippen molar-refractivity contribution < 1.29 is 10.0 Å². The van der Waals surface area contributed by atoms with Gasteiger partial charge in [0.1, 0.15) is 0 Å². The summed E-state index contributed by atoms with van der Waals surface area (Å²) in [5.74, 6) is 0. The molecule has 0 unspecified atom stereocenters. The van der Waals surface area contributed by atoms with Crippen molar-refractivity contribution >= 4 is 23.9 Å². The largest absolute Gasteiger partial charge is 0.490 e.